The van der Waals surface area contributed by atoms with E-state index in [1.54, 1.807) is 13.1 Å². The molecule has 0 amide bonds. The van der Waals surface area contributed by atoms with Crippen LogP contribution in [0, 0.1) is 6.92 Å². The van der Waals surface area contributed by atoms with Gasteiger partial charge in [-0.15, -0.1) is 13.2 Å². The third kappa shape index (κ3) is 3.85. The fourth-order valence-corrected chi connectivity index (χ4v) is 1.66. The van der Waals surface area contributed by atoms with E-state index in [1.165, 1.54) is 4.57 Å². The molecule has 0 fully saturated rings. The van der Waals surface area contributed by atoms with Gasteiger partial charge in [0.2, 0.25) is 0 Å². The van der Waals surface area contributed by atoms with E-state index >= 15 is 0 Å². The molecule has 0 aromatic carbocycles. The molecule has 18 heavy (non-hydrogen) atoms. The van der Waals surface area contributed by atoms with E-state index in [4.69, 9.17) is 0 Å². The third-order valence-electron chi connectivity index (χ3n) is 2.62. The van der Waals surface area contributed by atoms with E-state index < -0.39 is 0 Å². The number of hydrogen-bond donors (Lipinski definition) is 1. The first-order valence-electron chi connectivity index (χ1n) is 5.83. The van der Waals surface area contributed by atoms with Crippen molar-refractivity contribution in [3.05, 3.63) is 57.9 Å². The van der Waals surface area contributed by atoms with Gasteiger partial charge in [-0.1, -0.05) is 12.2 Å². The van der Waals surface area contributed by atoms with E-state index in [9.17, 15) is 9.59 Å². The second kappa shape index (κ2) is 6.76. The molecule has 5 heteroatoms. The van der Waals surface area contributed by atoms with Crippen molar-refractivity contribution in [1.82, 2.24) is 14.5 Å². The Kier molecular flexibility index (Phi) is 5.32. The van der Waals surface area contributed by atoms with Crippen LogP contribution in [0.2, 0.25) is 0 Å². The summed E-state index contributed by atoms with van der Waals surface area (Å²) < 4.78 is 1.51. The molecule has 0 atom stereocenters. The molecule has 0 radical (unpaired) electrons. The Morgan fingerprint density at radius 2 is 1.94 bits per heavy atom. The van der Waals surface area contributed by atoms with Crippen molar-refractivity contribution in [2.24, 2.45) is 0 Å². The molecule has 1 heterocycles. The van der Waals surface area contributed by atoms with Gasteiger partial charge in [0.05, 0.1) is 0 Å². The molecule has 0 aliphatic heterocycles. The summed E-state index contributed by atoms with van der Waals surface area (Å²) in [6.45, 7) is 11.8. The summed E-state index contributed by atoms with van der Waals surface area (Å²) in [5.41, 5.74) is -0.165. The minimum absolute atomic E-state index is 0.328. The van der Waals surface area contributed by atoms with Gasteiger partial charge >= 0.3 is 5.69 Å². The Morgan fingerprint density at radius 1 is 1.33 bits per heavy atom. The first kappa shape index (κ1) is 14.2. The number of nitrogens with zero attached hydrogens (tertiary/aromatic N) is 2. The van der Waals surface area contributed by atoms with Crippen LogP contribution in [-0.4, -0.2) is 34.1 Å². The van der Waals surface area contributed by atoms with Crippen molar-refractivity contribution in [3.8, 4) is 0 Å². The van der Waals surface area contributed by atoms with Gasteiger partial charge in [0.15, 0.2) is 0 Å². The maximum Gasteiger partial charge on any atom is 0.328 e. The molecule has 0 saturated carbocycles. The molecule has 0 aliphatic rings. The SMILES string of the molecule is C=CCN(CC=C)CCn1cc(C)c(=O)[nH]c1=O. The molecule has 5 nitrogen and oxygen atoms in total. The Balaban J connectivity index is 2.75. The predicted molar refractivity (Wildman–Crippen MR) is 72.9 cm³/mol. The molecular weight excluding hydrogens is 230 g/mol. The highest BCUT2D eigenvalue weighted by molar-refractivity contribution is 5.00. The fourth-order valence-electron chi connectivity index (χ4n) is 1.66. The number of hydrogen-bond acceptors (Lipinski definition) is 3. The molecule has 0 spiro atoms. The number of aryl methyl sites for hydroxylation is 1. The van der Waals surface area contributed by atoms with Crippen molar-refractivity contribution in [2.45, 2.75) is 13.5 Å². The van der Waals surface area contributed by atoms with Gasteiger partial charge in [0.25, 0.3) is 5.56 Å². The van der Waals surface area contributed by atoms with Crippen LogP contribution in [0.1, 0.15) is 5.56 Å². The summed E-state index contributed by atoms with van der Waals surface area (Å²) in [4.78, 5) is 27.2. The number of nitrogens with one attached hydrogen (secondary N) is 1. The zero-order valence-electron chi connectivity index (χ0n) is 10.7. The Morgan fingerprint density at radius 3 is 2.50 bits per heavy atom. The van der Waals surface area contributed by atoms with Crippen molar-refractivity contribution >= 4 is 0 Å². The van der Waals surface area contributed by atoms with Gasteiger partial charge in [-0.25, -0.2) is 4.79 Å². The highest BCUT2D eigenvalue weighted by Crippen LogP contribution is 1.92. The minimum atomic E-state index is -0.372. The summed E-state index contributed by atoms with van der Waals surface area (Å²) in [5, 5.41) is 0. The first-order chi connectivity index (χ1) is 8.58. The summed E-state index contributed by atoms with van der Waals surface area (Å²) in [5.74, 6) is 0. The zero-order chi connectivity index (χ0) is 13.5. The number of aromatic nitrogens is 2. The highest BCUT2D eigenvalue weighted by atomic mass is 16.2. The van der Waals surface area contributed by atoms with Crippen LogP contribution in [0.25, 0.3) is 0 Å². The van der Waals surface area contributed by atoms with Crippen LogP contribution in [0.5, 0.6) is 0 Å². The Hall–Kier alpha value is -1.88. The zero-order valence-corrected chi connectivity index (χ0v) is 10.7. The average Bonchev–Trinajstić information content (AvgIpc) is 2.32. The smallest absolute Gasteiger partial charge is 0.299 e. The van der Waals surface area contributed by atoms with Gasteiger partial charge in [0, 0.05) is 37.9 Å². The van der Waals surface area contributed by atoms with Crippen LogP contribution in [0.15, 0.2) is 41.1 Å². The molecule has 1 rings (SSSR count). The van der Waals surface area contributed by atoms with Crippen LogP contribution >= 0.6 is 0 Å². The second-order valence-electron chi connectivity index (χ2n) is 4.10. The summed E-state index contributed by atoms with van der Waals surface area (Å²) in [6.07, 6.45) is 5.20. The predicted octanol–water partition coefficient (Wildman–Crippen LogP) is 0.519. The normalized spacial score (nSPS) is 10.6. The van der Waals surface area contributed by atoms with E-state index in [0.717, 1.165) is 13.1 Å². The lowest BCUT2D eigenvalue weighted by Crippen LogP contribution is -2.35. The molecule has 1 aromatic rings. The standard InChI is InChI=1S/C13H19N3O2/c1-4-6-15(7-5-2)8-9-16-10-11(3)12(17)14-13(16)18/h4-5,10H,1-2,6-9H2,3H3,(H,14,17,18). The number of aromatic amines is 1. The molecule has 0 bridgehead atoms. The molecule has 1 N–H and O–H groups in total. The quantitative estimate of drug-likeness (QED) is 0.717. The summed E-state index contributed by atoms with van der Waals surface area (Å²) in [6, 6.07) is 0. The van der Waals surface area contributed by atoms with E-state index in [1.807, 2.05) is 12.2 Å². The summed E-state index contributed by atoms with van der Waals surface area (Å²) in [7, 11) is 0. The van der Waals surface area contributed by atoms with Crippen molar-refractivity contribution < 1.29 is 0 Å². The van der Waals surface area contributed by atoms with Gasteiger partial charge in [-0.3, -0.25) is 19.2 Å². The topological polar surface area (TPSA) is 58.1 Å². The Labute approximate surface area is 106 Å². The monoisotopic (exact) mass is 249 g/mol. The molecule has 0 aliphatic carbocycles. The lowest BCUT2D eigenvalue weighted by molar-refractivity contribution is 0.316. The molecule has 98 valence electrons. The van der Waals surface area contributed by atoms with Crippen LogP contribution in [0.4, 0.5) is 0 Å². The lowest BCUT2D eigenvalue weighted by atomic mass is 10.3. The maximum absolute atomic E-state index is 11.6. The minimum Gasteiger partial charge on any atom is -0.299 e. The second-order valence-corrected chi connectivity index (χ2v) is 4.10. The lowest BCUT2D eigenvalue weighted by Gasteiger charge is -2.19. The van der Waals surface area contributed by atoms with Gasteiger partial charge in [-0.05, 0) is 6.92 Å². The van der Waals surface area contributed by atoms with Crippen LogP contribution in [-0.2, 0) is 6.54 Å². The third-order valence-corrected chi connectivity index (χ3v) is 2.62. The van der Waals surface area contributed by atoms with Gasteiger partial charge in [0.1, 0.15) is 0 Å². The largest absolute Gasteiger partial charge is 0.328 e. The summed E-state index contributed by atoms with van der Waals surface area (Å²) >= 11 is 0. The van der Waals surface area contributed by atoms with Crippen molar-refractivity contribution in [1.29, 1.82) is 0 Å². The van der Waals surface area contributed by atoms with E-state index in [2.05, 4.69) is 23.0 Å². The Bertz CT molecular complexity index is 518. The van der Waals surface area contributed by atoms with Gasteiger partial charge in [-0.2, -0.15) is 0 Å². The van der Waals surface area contributed by atoms with E-state index in [-0.39, 0.29) is 11.2 Å². The van der Waals surface area contributed by atoms with Crippen LogP contribution < -0.4 is 11.2 Å². The maximum atomic E-state index is 11.6. The van der Waals surface area contributed by atoms with Gasteiger partial charge < -0.3 is 0 Å². The first-order valence-corrected chi connectivity index (χ1v) is 5.83. The molecular formula is C13H19N3O2. The number of rotatable bonds is 7. The fraction of sp³-hybridized carbons (Fsp3) is 0.385. The number of H-pyrrole nitrogens is 1. The van der Waals surface area contributed by atoms with Crippen LogP contribution in [0.3, 0.4) is 0 Å². The van der Waals surface area contributed by atoms with Crippen molar-refractivity contribution in [3.63, 3.8) is 0 Å². The average molecular weight is 249 g/mol. The van der Waals surface area contributed by atoms with E-state index in [0.29, 0.717) is 18.7 Å². The molecule has 1 aromatic heterocycles. The highest BCUT2D eigenvalue weighted by Gasteiger charge is 2.04. The molecule has 0 saturated heterocycles. The molecule has 0 unspecified atom stereocenters. The van der Waals surface area contributed by atoms with Crippen molar-refractivity contribution in [2.75, 3.05) is 19.6 Å².